The molecule has 1 saturated heterocycles. The van der Waals surface area contributed by atoms with Gasteiger partial charge in [-0.25, -0.2) is 0 Å². The van der Waals surface area contributed by atoms with Gasteiger partial charge in [-0.05, 0) is 32.0 Å². The molecule has 1 fully saturated rings. The minimum Gasteiger partial charge on any atom is -0.460 e. The summed E-state index contributed by atoms with van der Waals surface area (Å²) in [6, 6.07) is 6.65. The monoisotopic (exact) mass is 415 g/mol. The molecule has 1 aliphatic rings. The highest BCUT2D eigenvalue weighted by molar-refractivity contribution is 5.93. The predicted octanol–water partition coefficient (Wildman–Crippen LogP) is 1.24. The van der Waals surface area contributed by atoms with Crippen LogP contribution in [0.1, 0.15) is 30.0 Å². The van der Waals surface area contributed by atoms with E-state index in [2.05, 4.69) is 25.2 Å². The van der Waals surface area contributed by atoms with E-state index in [-0.39, 0.29) is 19.2 Å². The number of nitrogens with zero attached hydrogens (tertiary/aromatic N) is 6. The first-order valence-corrected chi connectivity index (χ1v) is 9.50. The van der Waals surface area contributed by atoms with E-state index >= 15 is 0 Å². The molecule has 0 aliphatic carbocycles. The van der Waals surface area contributed by atoms with E-state index in [0.717, 1.165) is 0 Å². The number of ether oxygens (including phenoxy) is 2. The standard InChI is InChI=1S/C19H25N7O4/c1-19(2,28)12-30-18-23-15(22-17(24-18)26-6-8-29-9-7-26)11-21-25-14-5-3-4-13(10-14)16(20)27/h3-5,10,28H,6-9,11-12H2,1-2H3,(H2,20,27). The lowest BCUT2D eigenvalue weighted by atomic mass is 10.2. The zero-order valence-corrected chi connectivity index (χ0v) is 17.0. The highest BCUT2D eigenvalue weighted by Crippen LogP contribution is 2.18. The number of nitrogens with two attached hydrogens (primary N) is 1. The molecule has 0 bridgehead atoms. The van der Waals surface area contributed by atoms with Crippen molar-refractivity contribution in [1.29, 1.82) is 0 Å². The van der Waals surface area contributed by atoms with Crippen molar-refractivity contribution in [3.63, 3.8) is 0 Å². The first kappa shape index (κ1) is 21.5. The molecule has 0 saturated carbocycles. The Bertz CT molecular complexity index is 908. The van der Waals surface area contributed by atoms with Gasteiger partial charge in [0.05, 0.1) is 24.5 Å². The maximum atomic E-state index is 11.3. The van der Waals surface area contributed by atoms with E-state index in [0.29, 0.717) is 49.3 Å². The van der Waals surface area contributed by atoms with Crippen molar-refractivity contribution in [3.8, 4) is 6.01 Å². The molecule has 3 rings (SSSR count). The highest BCUT2D eigenvalue weighted by atomic mass is 16.5. The summed E-state index contributed by atoms with van der Waals surface area (Å²) in [6.45, 7) is 5.83. The van der Waals surface area contributed by atoms with Gasteiger partial charge in [-0.1, -0.05) is 6.07 Å². The molecule has 30 heavy (non-hydrogen) atoms. The Labute approximate surface area is 174 Å². The number of benzene rings is 1. The molecule has 0 unspecified atom stereocenters. The summed E-state index contributed by atoms with van der Waals surface area (Å²) in [5.74, 6) is 0.292. The fraction of sp³-hybridized carbons (Fsp3) is 0.474. The first-order chi connectivity index (χ1) is 14.3. The maximum Gasteiger partial charge on any atom is 0.321 e. The van der Waals surface area contributed by atoms with Crippen LogP contribution < -0.4 is 15.4 Å². The van der Waals surface area contributed by atoms with E-state index in [1.165, 1.54) is 0 Å². The second-order valence-corrected chi connectivity index (χ2v) is 7.35. The van der Waals surface area contributed by atoms with Gasteiger partial charge in [0.25, 0.3) is 0 Å². The summed E-state index contributed by atoms with van der Waals surface area (Å²) >= 11 is 0. The molecule has 2 heterocycles. The van der Waals surface area contributed by atoms with E-state index < -0.39 is 11.5 Å². The lowest BCUT2D eigenvalue weighted by Gasteiger charge is -2.27. The number of anilines is 1. The second kappa shape index (κ2) is 9.55. The van der Waals surface area contributed by atoms with E-state index in [9.17, 15) is 9.90 Å². The molecule has 1 aliphatic heterocycles. The van der Waals surface area contributed by atoms with Gasteiger partial charge in [0.1, 0.15) is 13.2 Å². The van der Waals surface area contributed by atoms with Gasteiger partial charge in [-0.15, -0.1) is 0 Å². The van der Waals surface area contributed by atoms with Crippen molar-refractivity contribution in [2.75, 3.05) is 37.8 Å². The molecular weight excluding hydrogens is 390 g/mol. The number of morpholine rings is 1. The summed E-state index contributed by atoms with van der Waals surface area (Å²) in [7, 11) is 0. The van der Waals surface area contributed by atoms with Crippen molar-refractivity contribution in [3.05, 3.63) is 35.7 Å². The van der Waals surface area contributed by atoms with Gasteiger partial charge in [0.2, 0.25) is 11.9 Å². The second-order valence-electron chi connectivity index (χ2n) is 7.35. The number of primary amides is 1. The SMILES string of the molecule is CC(C)(O)COc1nc(CN=Nc2cccc(C(N)=O)c2)nc(N2CCOCC2)n1. The topological polar surface area (TPSA) is 148 Å². The van der Waals surface area contributed by atoms with E-state index in [4.69, 9.17) is 15.2 Å². The molecule has 1 aromatic carbocycles. The Balaban J connectivity index is 1.77. The van der Waals surface area contributed by atoms with Gasteiger partial charge in [-0.2, -0.15) is 25.2 Å². The van der Waals surface area contributed by atoms with Crippen LogP contribution in [0.15, 0.2) is 34.5 Å². The third-order valence-electron chi connectivity index (χ3n) is 4.03. The van der Waals surface area contributed by atoms with Crippen molar-refractivity contribution in [2.24, 2.45) is 16.0 Å². The Morgan fingerprint density at radius 2 is 2.07 bits per heavy atom. The number of hydrogen-bond acceptors (Lipinski definition) is 10. The summed E-state index contributed by atoms with van der Waals surface area (Å²) < 4.78 is 10.9. The third-order valence-corrected chi connectivity index (χ3v) is 4.03. The average Bonchev–Trinajstić information content (AvgIpc) is 2.72. The Hall–Kier alpha value is -3.18. The number of amides is 1. The molecule has 160 valence electrons. The summed E-state index contributed by atoms with van der Waals surface area (Å²) in [6.07, 6.45) is 0. The maximum absolute atomic E-state index is 11.3. The fourth-order valence-corrected chi connectivity index (χ4v) is 2.57. The fourth-order valence-electron chi connectivity index (χ4n) is 2.57. The molecule has 2 aromatic rings. The van der Waals surface area contributed by atoms with Crippen LogP contribution in [-0.4, -0.2) is 64.5 Å². The number of azo groups is 1. The number of hydrogen-bond donors (Lipinski definition) is 2. The zero-order valence-electron chi connectivity index (χ0n) is 17.0. The first-order valence-electron chi connectivity index (χ1n) is 9.50. The molecule has 11 heteroatoms. The Morgan fingerprint density at radius 3 is 2.77 bits per heavy atom. The quantitative estimate of drug-likeness (QED) is 0.612. The number of aromatic nitrogens is 3. The Kier molecular flexibility index (Phi) is 6.85. The number of rotatable bonds is 8. The van der Waals surface area contributed by atoms with Crippen LogP contribution in [-0.2, 0) is 11.3 Å². The summed E-state index contributed by atoms with van der Waals surface area (Å²) in [4.78, 5) is 26.3. The molecule has 0 spiro atoms. The van der Waals surface area contributed by atoms with Gasteiger partial charge in [0.15, 0.2) is 5.82 Å². The number of carbonyl (C=O) groups excluding carboxylic acids is 1. The zero-order chi connectivity index (χ0) is 21.6. The van der Waals surface area contributed by atoms with Crippen LogP contribution in [0.5, 0.6) is 6.01 Å². The van der Waals surface area contributed by atoms with Gasteiger partial charge >= 0.3 is 6.01 Å². The largest absolute Gasteiger partial charge is 0.460 e. The van der Waals surface area contributed by atoms with E-state index in [1.54, 1.807) is 38.1 Å². The lowest BCUT2D eigenvalue weighted by molar-refractivity contribution is 0.0248. The molecular formula is C19H25N7O4. The van der Waals surface area contributed by atoms with Crippen LogP contribution in [0.4, 0.5) is 11.6 Å². The van der Waals surface area contributed by atoms with Crippen LogP contribution in [0.2, 0.25) is 0 Å². The smallest absolute Gasteiger partial charge is 0.321 e. The van der Waals surface area contributed by atoms with Crippen molar-refractivity contribution in [1.82, 2.24) is 15.0 Å². The predicted molar refractivity (Wildman–Crippen MR) is 108 cm³/mol. The minimum atomic E-state index is -1.03. The number of carbonyl (C=O) groups is 1. The Morgan fingerprint density at radius 1 is 1.30 bits per heavy atom. The van der Waals surface area contributed by atoms with Crippen molar-refractivity contribution < 1.29 is 19.4 Å². The van der Waals surface area contributed by atoms with E-state index in [1.807, 2.05) is 4.90 Å². The lowest BCUT2D eigenvalue weighted by Crippen LogP contribution is -2.37. The molecule has 1 amide bonds. The molecule has 3 N–H and O–H groups in total. The van der Waals surface area contributed by atoms with Crippen molar-refractivity contribution in [2.45, 2.75) is 26.0 Å². The van der Waals surface area contributed by atoms with Crippen molar-refractivity contribution >= 4 is 17.5 Å². The summed E-state index contributed by atoms with van der Waals surface area (Å²) in [5.41, 5.74) is 5.09. The van der Waals surface area contributed by atoms with Crippen LogP contribution >= 0.6 is 0 Å². The van der Waals surface area contributed by atoms with Gasteiger partial charge in [0, 0.05) is 18.7 Å². The molecule has 11 nitrogen and oxygen atoms in total. The molecule has 0 atom stereocenters. The van der Waals surface area contributed by atoms with Crippen LogP contribution in [0.3, 0.4) is 0 Å². The van der Waals surface area contributed by atoms with Crippen LogP contribution in [0.25, 0.3) is 0 Å². The summed E-state index contributed by atoms with van der Waals surface area (Å²) in [5, 5.41) is 18.1. The normalized spacial score (nSPS) is 14.8. The van der Waals surface area contributed by atoms with Gasteiger partial charge < -0.3 is 25.2 Å². The molecule has 0 radical (unpaired) electrons. The van der Waals surface area contributed by atoms with Gasteiger partial charge in [-0.3, -0.25) is 4.79 Å². The minimum absolute atomic E-state index is 0.0282. The highest BCUT2D eigenvalue weighted by Gasteiger charge is 2.19. The van der Waals surface area contributed by atoms with Crippen LogP contribution in [0, 0.1) is 0 Å². The average molecular weight is 415 g/mol. The third kappa shape index (κ3) is 6.42. The number of aliphatic hydroxyl groups is 1. The molecule has 1 aromatic heterocycles.